The van der Waals surface area contributed by atoms with Gasteiger partial charge in [-0.05, 0) is 30.3 Å². The molecule has 8 heteroatoms. The monoisotopic (exact) mass is 361 g/mol. The third-order valence-corrected chi connectivity index (χ3v) is 2.95. The molecule has 0 unspecified atom stereocenters. The molecule has 1 aromatic heterocycles. The van der Waals surface area contributed by atoms with Crippen LogP contribution in [0.4, 0.5) is 13.2 Å². The van der Waals surface area contributed by atoms with E-state index < -0.39 is 23.6 Å². The van der Waals surface area contributed by atoms with Crippen molar-refractivity contribution in [3.05, 3.63) is 52.1 Å². The van der Waals surface area contributed by atoms with Gasteiger partial charge in [-0.25, -0.2) is 9.78 Å². The van der Waals surface area contributed by atoms with Crippen LogP contribution in [0.1, 0.15) is 15.9 Å². The summed E-state index contributed by atoms with van der Waals surface area (Å²) in [6.07, 6.45) is -3.53. The van der Waals surface area contributed by atoms with Crippen LogP contribution in [-0.4, -0.2) is 16.1 Å². The van der Waals surface area contributed by atoms with E-state index in [4.69, 9.17) is 9.84 Å². The third-order valence-electron chi connectivity index (χ3n) is 2.46. The molecule has 0 aliphatic rings. The zero-order valence-corrected chi connectivity index (χ0v) is 11.8. The predicted octanol–water partition coefficient (Wildman–Crippen LogP) is 4.35. The zero-order chi connectivity index (χ0) is 15.6. The number of ether oxygens (including phenoxy) is 1. The topological polar surface area (TPSA) is 59.4 Å². The van der Waals surface area contributed by atoms with Crippen LogP contribution in [0.5, 0.6) is 11.6 Å². The van der Waals surface area contributed by atoms with Crippen molar-refractivity contribution < 1.29 is 27.8 Å². The predicted molar refractivity (Wildman–Crippen MR) is 70.4 cm³/mol. The SMILES string of the molecule is O=C(O)c1ccc(Br)cc1Oc1ncccc1C(F)(F)F. The van der Waals surface area contributed by atoms with Crippen LogP contribution in [0.15, 0.2) is 41.0 Å². The Morgan fingerprint density at radius 2 is 2.00 bits per heavy atom. The Hall–Kier alpha value is -2.09. The highest BCUT2D eigenvalue weighted by Gasteiger charge is 2.35. The molecular formula is C13H7BrF3NO3. The molecule has 1 heterocycles. The molecule has 4 nitrogen and oxygen atoms in total. The van der Waals surface area contributed by atoms with Crippen molar-refractivity contribution in [3.8, 4) is 11.6 Å². The summed E-state index contributed by atoms with van der Waals surface area (Å²) in [4.78, 5) is 14.6. The lowest BCUT2D eigenvalue weighted by molar-refractivity contribution is -0.138. The van der Waals surface area contributed by atoms with Gasteiger partial charge >= 0.3 is 12.1 Å². The molecule has 0 saturated heterocycles. The van der Waals surface area contributed by atoms with Crippen LogP contribution < -0.4 is 4.74 Å². The number of nitrogens with zero attached hydrogens (tertiary/aromatic N) is 1. The highest BCUT2D eigenvalue weighted by Crippen LogP contribution is 2.37. The van der Waals surface area contributed by atoms with Gasteiger partial charge in [-0.1, -0.05) is 15.9 Å². The lowest BCUT2D eigenvalue weighted by atomic mass is 10.2. The second-order valence-electron chi connectivity index (χ2n) is 3.90. The summed E-state index contributed by atoms with van der Waals surface area (Å²) in [6, 6.07) is 5.85. The smallest absolute Gasteiger partial charge is 0.421 e. The van der Waals surface area contributed by atoms with E-state index in [2.05, 4.69) is 20.9 Å². The van der Waals surface area contributed by atoms with Gasteiger partial charge in [0.25, 0.3) is 0 Å². The van der Waals surface area contributed by atoms with E-state index in [1.54, 1.807) is 0 Å². The van der Waals surface area contributed by atoms with E-state index >= 15 is 0 Å². The van der Waals surface area contributed by atoms with Crippen molar-refractivity contribution >= 4 is 21.9 Å². The maximum Gasteiger partial charge on any atom is 0.421 e. The van der Waals surface area contributed by atoms with Crippen LogP contribution in [0.2, 0.25) is 0 Å². The average Bonchev–Trinajstić information content (AvgIpc) is 2.37. The maximum absolute atomic E-state index is 12.8. The van der Waals surface area contributed by atoms with Crippen molar-refractivity contribution in [3.63, 3.8) is 0 Å². The molecule has 1 N–H and O–H groups in total. The summed E-state index contributed by atoms with van der Waals surface area (Å²) in [6.45, 7) is 0. The number of carboxylic acid groups (broad SMARTS) is 1. The molecule has 0 fully saturated rings. The number of rotatable bonds is 3. The average molecular weight is 362 g/mol. The Morgan fingerprint density at radius 1 is 1.29 bits per heavy atom. The molecule has 0 aliphatic heterocycles. The quantitative estimate of drug-likeness (QED) is 0.882. The van der Waals surface area contributed by atoms with Crippen molar-refractivity contribution in [1.29, 1.82) is 0 Å². The zero-order valence-electron chi connectivity index (χ0n) is 10.2. The van der Waals surface area contributed by atoms with E-state index in [1.807, 2.05) is 0 Å². The van der Waals surface area contributed by atoms with E-state index in [0.29, 0.717) is 4.47 Å². The van der Waals surface area contributed by atoms with Crippen LogP contribution >= 0.6 is 15.9 Å². The van der Waals surface area contributed by atoms with E-state index in [1.165, 1.54) is 18.2 Å². The molecule has 0 amide bonds. The fourth-order valence-corrected chi connectivity index (χ4v) is 1.89. The van der Waals surface area contributed by atoms with Gasteiger partial charge in [0.1, 0.15) is 16.9 Å². The summed E-state index contributed by atoms with van der Waals surface area (Å²) in [5.41, 5.74) is -1.35. The Bertz CT molecular complexity index is 689. The number of aromatic carboxylic acids is 1. The largest absolute Gasteiger partial charge is 0.478 e. The number of aromatic nitrogens is 1. The lowest BCUT2D eigenvalue weighted by Crippen LogP contribution is -2.09. The minimum Gasteiger partial charge on any atom is -0.478 e. The van der Waals surface area contributed by atoms with Crippen LogP contribution in [-0.2, 0) is 6.18 Å². The first kappa shape index (κ1) is 15.3. The Morgan fingerprint density at radius 3 is 2.62 bits per heavy atom. The second-order valence-corrected chi connectivity index (χ2v) is 4.82. The molecule has 0 bridgehead atoms. The van der Waals surface area contributed by atoms with Crippen molar-refractivity contribution in [1.82, 2.24) is 4.98 Å². The molecule has 0 atom stereocenters. The van der Waals surface area contributed by atoms with Crippen LogP contribution in [0.3, 0.4) is 0 Å². The summed E-state index contributed by atoms with van der Waals surface area (Å²) in [7, 11) is 0. The first-order valence-electron chi connectivity index (χ1n) is 5.52. The summed E-state index contributed by atoms with van der Waals surface area (Å²) < 4.78 is 44.1. The van der Waals surface area contributed by atoms with E-state index in [-0.39, 0.29) is 11.3 Å². The van der Waals surface area contributed by atoms with Gasteiger partial charge in [-0.2, -0.15) is 13.2 Å². The Balaban J connectivity index is 2.49. The number of carbonyl (C=O) groups is 1. The number of alkyl halides is 3. The molecule has 0 aliphatic carbocycles. The number of benzene rings is 1. The summed E-state index contributed by atoms with van der Waals surface area (Å²) >= 11 is 3.10. The van der Waals surface area contributed by atoms with Crippen LogP contribution in [0, 0.1) is 0 Å². The lowest BCUT2D eigenvalue weighted by Gasteiger charge is -2.13. The number of pyridine rings is 1. The second kappa shape index (κ2) is 5.72. The molecule has 0 spiro atoms. The fraction of sp³-hybridized carbons (Fsp3) is 0.0769. The molecule has 1 aromatic carbocycles. The van der Waals surface area contributed by atoms with Crippen molar-refractivity contribution in [2.45, 2.75) is 6.18 Å². The van der Waals surface area contributed by atoms with Gasteiger partial charge < -0.3 is 9.84 Å². The van der Waals surface area contributed by atoms with Crippen LogP contribution in [0.25, 0.3) is 0 Å². The first-order chi connectivity index (χ1) is 9.79. The standard InChI is InChI=1S/C13H7BrF3NO3/c14-7-3-4-8(12(19)20)10(6-7)21-11-9(13(15,16)17)2-1-5-18-11/h1-6H,(H,19,20). The van der Waals surface area contributed by atoms with Gasteiger partial charge in [-0.15, -0.1) is 0 Å². The minimum atomic E-state index is -4.65. The summed E-state index contributed by atoms with van der Waals surface area (Å²) in [5.74, 6) is -2.26. The van der Waals surface area contributed by atoms with Crippen molar-refractivity contribution in [2.75, 3.05) is 0 Å². The van der Waals surface area contributed by atoms with Gasteiger partial charge in [0.15, 0.2) is 0 Å². The van der Waals surface area contributed by atoms with Gasteiger partial charge in [0.05, 0.1) is 0 Å². The van der Waals surface area contributed by atoms with Gasteiger partial charge in [-0.3, -0.25) is 0 Å². The molecule has 21 heavy (non-hydrogen) atoms. The van der Waals surface area contributed by atoms with E-state index in [9.17, 15) is 18.0 Å². The Labute approximate surface area is 125 Å². The third kappa shape index (κ3) is 3.52. The molecule has 0 saturated carbocycles. The molecule has 110 valence electrons. The number of carboxylic acids is 1. The highest BCUT2D eigenvalue weighted by molar-refractivity contribution is 9.10. The minimum absolute atomic E-state index is 0.235. The van der Waals surface area contributed by atoms with E-state index in [0.717, 1.165) is 18.3 Å². The Kier molecular flexibility index (Phi) is 4.17. The van der Waals surface area contributed by atoms with Gasteiger partial charge in [0, 0.05) is 10.7 Å². The number of hydrogen-bond donors (Lipinski definition) is 1. The maximum atomic E-state index is 12.8. The molecule has 2 rings (SSSR count). The number of hydrogen-bond acceptors (Lipinski definition) is 3. The normalized spacial score (nSPS) is 11.2. The molecule has 0 radical (unpaired) electrons. The molecular weight excluding hydrogens is 355 g/mol. The number of halogens is 4. The fourth-order valence-electron chi connectivity index (χ4n) is 1.55. The van der Waals surface area contributed by atoms with Gasteiger partial charge in [0.2, 0.25) is 5.88 Å². The first-order valence-corrected chi connectivity index (χ1v) is 6.31. The summed E-state index contributed by atoms with van der Waals surface area (Å²) in [5, 5.41) is 9.03. The molecule has 2 aromatic rings. The highest BCUT2D eigenvalue weighted by atomic mass is 79.9. The van der Waals surface area contributed by atoms with Crippen molar-refractivity contribution in [2.24, 2.45) is 0 Å².